The molecule has 3 nitrogen and oxygen atoms in total. The summed E-state index contributed by atoms with van der Waals surface area (Å²) in [6, 6.07) is 5.58. The molecular formula is C13H16BrNO2. The normalized spacial score (nSPS) is 16.4. The van der Waals surface area contributed by atoms with E-state index in [4.69, 9.17) is 4.74 Å². The topological polar surface area (TPSA) is 38.3 Å². The number of benzene rings is 1. The number of halogens is 1. The van der Waals surface area contributed by atoms with E-state index in [1.807, 2.05) is 25.1 Å². The quantitative estimate of drug-likeness (QED) is 0.924. The molecule has 0 saturated heterocycles. The molecule has 0 aliphatic heterocycles. The summed E-state index contributed by atoms with van der Waals surface area (Å²) in [7, 11) is 1.60. The molecule has 4 heteroatoms. The lowest BCUT2D eigenvalue weighted by Crippen LogP contribution is -2.22. The first-order valence-corrected chi connectivity index (χ1v) is 6.55. The van der Waals surface area contributed by atoms with Gasteiger partial charge in [-0.15, -0.1) is 0 Å². The summed E-state index contributed by atoms with van der Waals surface area (Å²) >= 11 is 3.39. The highest BCUT2D eigenvalue weighted by Crippen LogP contribution is 2.37. The Hall–Kier alpha value is -1.03. The number of carbonyl (C=O) groups excluding carboxylic acids is 1. The van der Waals surface area contributed by atoms with Crippen molar-refractivity contribution in [2.24, 2.45) is 11.8 Å². The number of nitrogens with one attached hydrogen (secondary N) is 1. The van der Waals surface area contributed by atoms with Crippen molar-refractivity contribution in [1.82, 2.24) is 0 Å². The largest absolute Gasteiger partial charge is 0.495 e. The van der Waals surface area contributed by atoms with Gasteiger partial charge in [-0.2, -0.15) is 0 Å². The average Bonchev–Trinajstić information content (AvgIpc) is 3.12. The molecule has 1 atom stereocenters. The van der Waals surface area contributed by atoms with E-state index < -0.39 is 0 Å². The summed E-state index contributed by atoms with van der Waals surface area (Å²) in [6.45, 7) is 1.98. The second-order valence-electron chi connectivity index (χ2n) is 4.46. The van der Waals surface area contributed by atoms with Gasteiger partial charge in [-0.05, 0) is 37.0 Å². The molecule has 92 valence electrons. The fourth-order valence-corrected chi connectivity index (χ4v) is 2.20. The highest BCUT2D eigenvalue weighted by atomic mass is 79.9. The third-order valence-electron chi connectivity index (χ3n) is 3.16. The van der Waals surface area contributed by atoms with Crippen LogP contribution >= 0.6 is 15.9 Å². The molecule has 0 radical (unpaired) electrons. The van der Waals surface area contributed by atoms with E-state index in [0.717, 1.165) is 10.2 Å². The smallest absolute Gasteiger partial charge is 0.227 e. The number of hydrogen-bond donors (Lipinski definition) is 1. The predicted octanol–water partition coefficient (Wildman–Crippen LogP) is 3.44. The molecule has 0 spiro atoms. The van der Waals surface area contributed by atoms with Crippen molar-refractivity contribution in [2.45, 2.75) is 19.8 Å². The van der Waals surface area contributed by atoms with Gasteiger partial charge >= 0.3 is 0 Å². The number of methoxy groups -OCH3 is 1. The van der Waals surface area contributed by atoms with Crippen molar-refractivity contribution in [1.29, 1.82) is 0 Å². The van der Waals surface area contributed by atoms with Crippen LogP contribution in [-0.4, -0.2) is 13.0 Å². The Morgan fingerprint density at radius 1 is 1.53 bits per heavy atom. The number of carbonyl (C=O) groups is 1. The van der Waals surface area contributed by atoms with Gasteiger partial charge in [0.15, 0.2) is 0 Å². The second-order valence-corrected chi connectivity index (χ2v) is 5.38. The first kappa shape index (κ1) is 12.4. The molecule has 17 heavy (non-hydrogen) atoms. The fourth-order valence-electron chi connectivity index (χ4n) is 1.83. The van der Waals surface area contributed by atoms with Gasteiger partial charge in [0.25, 0.3) is 0 Å². The van der Waals surface area contributed by atoms with Gasteiger partial charge < -0.3 is 10.1 Å². The van der Waals surface area contributed by atoms with Gasteiger partial charge in [0.2, 0.25) is 5.91 Å². The standard InChI is InChI=1S/C13H16BrNO2/c1-8(9-3-4-9)13(16)15-11-7-10(14)5-6-12(11)17-2/h5-9H,3-4H2,1-2H3,(H,15,16). The third kappa shape index (κ3) is 3.00. The molecule has 2 rings (SSSR count). The molecule has 0 aromatic heterocycles. The van der Waals surface area contributed by atoms with Crippen molar-refractivity contribution in [3.05, 3.63) is 22.7 Å². The number of amides is 1. The molecule has 1 unspecified atom stereocenters. The molecule has 0 heterocycles. The van der Waals surface area contributed by atoms with Crippen molar-refractivity contribution in [3.63, 3.8) is 0 Å². The maximum absolute atomic E-state index is 12.0. The zero-order valence-electron chi connectivity index (χ0n) is 10.00. The van der Waals surface area contributed by atoms with E-state index in [0.29, 0.717) is 11.7 Å². The van der Waals surface area contributed by atoms with Crippen molar-refractivity contribution in [2.75, 3.05) is 12.4 Å². The third-order valence-corrected chi connectivity index (χ3v) is 3.66. The lowest BCUT2D eigenvalue weighted by Gasteiger charge is -2.14. The number of ether oxygens (including phenoxy) is 1. The number of hydrogen-bond acceptors (Lipinski definition) is 2. The molecule has 1 fully saturated rings. The van der Waals surface area contributed by atoms with E-state index in [1.165, 1.54) is 12.8 Å². The summed E-state index contributed by atoms with van der Waals surface area (Å²) in [5.41, 5.74) is 0.722. The highest BCUT2D eigenvalue weighted by molar-refractivity contribution is 9.10. The highest BCUT2D eigenvalue weighted by Gasteiger charge is 2.32. The van der Waals surface area contributed by atoms with Gasteiger partial charge in [-0.25, -0.2) is 0 Å². The Morgan fingerprint density at radius 3 is 2.82 bits per heavy atom. The minimum absolute atomic E-state index is 0.0731. The van der Waals surface area contributed by atoms with E-state index in [9.17, 15) is 4.79 Å². The van der Waals surface area contributed by atoms with Crippen LogP contribution in [0.1, 0.15) is 19.8 Å². The van der Waals surface area contributed by atoms with E-state index in [1.54, 1.807) is 7.11 Å². The molecule has 1 aliphatic rings. The molecule has 1 saturated carbocycles. The Kier molecular flexibility index (Phi) is 3.72. The Balaban J connectivity index is 2.11. The van der Waals surface area contributed by atoms with Gasteiger partial charge in [0.05, 0.1) is 12.8 Å². The number of anilines is 1. The maximum atomic E-state index is 12.0. The van der Waals surface area contributed by atoms with Crippen molar-refractivity contribution in [3.8, 4) is 5.75 Å². The van der Waals surface area contributed by atoms with Crippen LogP contribution in [0.15, 0.2) is 22.7 Å². The molecular weight excluding hydrogens is 282 g/mol. The van der Waals surface area contributed by atoms with Crippen LogP contribution in [0.25, 0.3) is 0 Å². The molecule has 1 amide bonds. The van der Waals surface area contributed by atoms with Crippen LogP contribution < -0.4 is 10.1 Å². The summed E-state index contributed by atoms with van der Waals surface area (Å²) in [4.78, 5) is 12.0. The van der Waals surface area contributed by atoms with Crippen LogP contribution in [0, 0.1) is 11.8 Å². The maximum Gasteiger partial charge on any atom is 0.227 e. The minimum atomic E-state index is 0.0731. The van der Waals surface area contributed by atoms with E-state index in [2.05, 4.69) is 21.2 Å². The zero-order chi connectivity index (χ0) is 12.4. The fraction of sp³-hybridized carbons (Fsp3) is 0.462. The average molecular weight is 298 g/mol. The minimum Gasteiger partial charge on any atom is -0.495 e. The molecule has 1 aromatic carbocycles. The second kappa shape index (κ2) is 5.08. The summed E-state index contributed by atoms with van der Waals surface area (Å²) < 4.78 is 6.15. The van der Waals surface area contributed by atoms with Crippen molar-refractivity contribution >= 4 is 27.5 Å². The van der Waals surface area contributed by atoms with Gasteiger partial charge in [-0.1, -0.05) is 22.9 Å². The monoisotopic (exact) mass is 297 g/mol. The van der Waals surface area contributed by atoms with Gasteiger partial charge in [-0.3, -0.25) is 4.79 Å². The Labute approximate surface area is 110 Å². The van der Waals surface area contributed by atoms with Gasteiger partial charge in [0, 0.05) is 10.4 Å². The van der Waals surface area contributed by atoms with E-state index in [-0.39, 0.29) is 11.8 Å². The Bertz CT molecular complexity index is 429. The first-order chi connectivity index (χ1) is 8.11. The van der Waals surface area contributed by atoms with Crippen LogP contribution in [0.5, 0.6) is 5.75 Å². The first-order valence-electron chi connectivity index (χ1n) is 5.76. The van der Waals surface area contributed by atoms with Crippen LogP contribution in [0.3, 0.4) is 0 Å². The van der Waals surface area contributed by atoms with Crippen LogP contribution in [-0.2, 0) is 4.79 Å². The summed E-state index contributed by atoms with van der Waals surface area (Å²) in [5, 5.41) is 2.93. The van der Waals surface area contributed by atoms with Crippen molar-refractivity contribution < 1.29 is 9.53 Å². The SMILES string of the molecule is COc1ccc(Br)cc1NC(=O)C(C)C1CC1. The lowest BCUT2D eigenvalue weighted by molar-refractivity contribution is -0.119. The molecule has 1 aliphatic carbocycles. The Morgan fingerprint density at radius 2 is 2.24 bits per heavy atom. The van der Waals surface area contributed by atoms with Crippen LogP contribution in [0.4, 0.5) is 5.69 Å². The predicted molar refractivity (Wildman–Crippen MR) is 71.2 cm³/mol. The summed E-state index contributed by atoms with van der Waals surface area (Å²) in [5.74, 6) is 1.40. The van der Waals surface area contributed by atoms with Crippen LogP contribution in [0.2, 0.25) is 0 Å². The molecule has 1 N–H and O–H groups in total. The van der Waals surface area contributed by atoms with E-state index >= 15 is 0 Å². The molecule has 0 bridgehead atoms. The number of rotatable bonds is 4. The zero-order valence-corrected chi connectivity index (χ0v) is 11.6. The lowest BCUT2D eigenvalue weighted by atomic mass is 10.1. The molecule has 1 aromatic rings. The summed E-state index contributed by atoms with van der Waals surface area (Å²) in [6.07, 6.45) is 2.34. The van der Waals surface area contributed by atoms with Gasteiger partial charge in [0.1, 0.15) is 5.75 Å².